The molecule has 2 heterocycles. The topological polar surface area (TPSA) is 154 Å². The molecule has 1 aliphatic rings. The van der Waals surface area contributed by atoms with Gasteiger partial charge in [-0.1, -0.05) is 54.6 Å². The Bertz CT molecular complexity index is 1660. The van der Waals surface area contributed by atoms with E-state index >= 15 is 0 Å². The second-order valence-corrected chi connectivity index (χ2v) is 9.07. The minimum absolute atomic E-state index is 0.154. The summed E-state index contributed by atoms with van der Waals surface area (Å²) in [4.78, 5) is 43.1. The molecule has 1 aromatic heterocycles. The van der Waals surface area contributed by atoms with Crippen molar-refractivity contribution in [3.05, 3.63) is 125 Å². The van der Waals surface area contributed by atoms with Crippen molar-refractivity contribution in [2.75, 3.05) is 6.61 Å². The summed E-state index contributed by atoms with van der Waals surface area (Å²) < 4.78 is 24.6. The SMILES string of the molecule is N#Cc1ncn(C2O[C@H](COC(=O)c3ccccc3)[C@@H](OC(=O)c3ccccc3)[C@H]2OC(=O)c2ccccc2)c1C#N. The van der Waals surface area contributed by atoms with Gasteiger partial charge >= 0.3 is 17.9 Å². The van der Waals surface area contributed by atoms with Gasteiger partial charge in [0.2, 0.25) is 0 Å². The Hall–Kier alpha value is -5.78. The number of nitriles is 2. The van der Waals surface area contributed by atoms with Gasteiger partial charge in [-0.2, -0.15) is 10.5 Å². The molecule has 1 aliphatic heterocycles. The lowest BCUT2D eigenvalue weighted by Gasteiger charge is -2.25. The van der Waals surface area contributed by atoms with Crippen LogP contribution in [0.2, 0.25) is 0 Å². The normalized spacial score (nSPS) is 19.2. The molecule has 11 heteroatoms. The van der Waals surface area contributed by atoms with Gasteiger partial charge in [-0.05, 0) is 36.4 Å². The molecular weight excluding hydrogens is 540 g/mol. The van der Waals surface area contributed by atoms with Crippen LogP contribution in [0.4, 0.5) is 0 Å². The second kappa shape index (κ2) is 12.6. The van der Waals surface area contributed by atoms with Crippen molar-refractivity contribution in [3.8, 4) is 12.1 Å². The van der Waals surface area contributed by atoms with Crippen LogP contribution in [-0.4, -0.2) is 52.4 Å². The first-order valence-corrected chi connectivity index (χ1v) is 12.8. The molecule has 0 aliphatic carbocycles. The molecular formula is C31H22N4O7. The summed E-state index contributed by atoms with van der Waals surface area (Å²) in [6.45, 7) is -0.391. The van der Waals surface area contributed by atoms with Crippen molar-refractivity contribution < 1.29 is 33.3 Å². The van der Waals surface area contributed by atoms with Gasteiger partial charge in [-0.3, -0.25) is 4.57 Å². The number of carbonyl (C=O) groups excluding carboxylic acids is 3. The van der Waals surface area contributed by atoms with E-state index in [1.165, 1.54) is 10.9 Å². The maximum atomic E-state index is 13.2. The Balaban J connectivity index is 1.51. The van der Waals surface area contributed by atoms with E-state index in [4.69, 9.17) is 18.9 Å². The zero-order valence-corrected chi connectivity index (χ0v) is 21.9. The molecule has 0 bridgehead atoms. The maximum Gasteiger partial charge on any atom is 0.338 e. The van der Waals surface area contributed by atoms with Gasteiger partial charge in [0.25, 0.3) is 0 Å². The fourth-order valence-electron chi connectivity index (χ4n) is 4.43. The molecule has 1 fully saturated rings. The van der Waals surface area contributed by atoms with E-state index in [1.54, 1.807) is 91.0 Å². The third-order valence-electron chi connectivity index (χ3n) is 6.46. The number of hydrogen-bond acceptors (Lipinski definition) is 10. The highest BCUT2D eigenvalue weighted by atomic mass is 16.7. The molecule has 0 saturated carbocycles. The third kappa shape index (κ3) is 5.87. The molecule has 11 nitrogen and oxygen atoms in total. The highest BCUT2D eigenvalue weighted by molar-refractivity contribution is 5.91. The largest absolute Gasteiger partial charge is 0.459 e. The fraction of sp³-hybridized carbons (Fsp3) is 0.161. The summed E-state index contributed by atoms with van der Waals surface area (Å²) in [6, 6.07) is 28.3. The number of benzene rings is 3. The number of rotatable bonds is 8. The molecule has 42 heavy (non-hydrogen) atoms. The molecule has 4 aromatic rings. The second-order valence-electron chi connectivity index (χ2n) is 9.07. The molecule has 1 unspecified atom stereocenters. The summed E-state index contributed by atoms with van der Waals surface area (Å²) in [5.74, 6) is -2.15. The van der Waals surface area contributed by atoms with Gasteiger partial charge in [0.05, 0.1) is 23.0 Å². The minimum Gasteiger partial charge on any atom is -0.459 e. The van der Waals surface area contributed by atoms with Crippen LogP contribution in [0.15, 0.2) is 97.3 Å². The lowest BCUT2D eigenvalue weighted by Crippen LogP contribution is -2.41. The highest BCUT2D eigenvalue weighted by Crippen LogP contribution is 2.36. The minimum atomic E-state index is -1.33. The van der Waals surface area contributed by atoms with Crippen LogP contribution in [0.1, 0.15) is 48.7 Å². The quantitative estimate of drug-likeness (QED) is 0.229. The van der Waals surface area contributed by atoms with Gasteiger partial charge < -0.3 is 18.9 Å². The van der Waals surface area contributed by atoms with Crippen molar-refractivity contribution >= 4 is 17.9 Å². The summed E-state index contributed by atoms with van der Waals surface area (Å²) in [6.07, 6.45) is -3.84. The molecule has 3 aromatic carbocycles. The van der Waals surface area contributed by atoms with Crippen LogP contribution in [0.5, 0.6) is 0 Å². The Labute approximate surface area is 240 Å². The maximum absolute atomic E-state index is 13.2. The van der Waals surface area contributed by atoms with Crippen LogP contribution in [0.25, 0.3) is 0 Å². The Morgan fingerprint density at radius 1 is 0.738 bits per heavy atom. The molecule has 0 spiro atoms. The number of hydrogen-bond donors (Lipinski definition) is 0. The average molecular weight is 563 g/mol. The predicted octanol–water partition coefficient (Wildman–Crippen LogP) is 3.83. The van der Waals surface area contributed by atoms with Crippen molar-refractivity contribution in [2.24, 2.45) is 0 Å². The predicted molar refractivity (Wildman–Crippen MR) is 144 cm³/mol. The zero-order chi connectivity index (χ0) is 29.5. The number of nitrogens with zero attached hydrogens (tertiary/aromatic N) is 4. The summed E-state index contributed by atoms with van der Waals surface area (Å²) in [7, 11) is 0. The first kappa shape index (κ1) is 27.8. The lowest BCUT2D eigenvalue weighted by molar-refractivity contribution is -0.0623. The number of esters is 3. The third-order valence-corrected chi connectivity index (χ3v) is 6.46. The van der Waals surface area contributed by atoms with Crippen molar-refractivity contribution in [1.82, 2.24) is 9.55 Å². The van der Waals surface area contributed by atoms with Crippen LogP contribution in [0.3, 0.4) is 0 Å². The molecule has 5 rings (SSSR count). The van der Waals surface area contributed by atoms with Gasteiger partial charge in [-0.25, -0.2) is 19.4 Å². The van der Waals surface area contributed by atoms with E-state index in [9.17, 15) is 24.9 Å². The molecule has 4 atom stereocenters. The van der Waals surface area contributed by atoms with Crippen molar-refractivity contribution in [3.63, 3.8) is 0 Å². The van der Waals surface area contributed by atoms with E-state index in [0.29, 0.717) is 0 Å². The van der Waals surface area contributed by atoms with E-state index in [-0.39, 0.29) is 28.1 Å². The zero-order valence-electron chi connectivity index (χ0n) is 21.9. The molecule has 208 valence electrons. The van der Waals surface area contributed by atoms with Gasteiger partial charge in [-0.15, -0.1) is 0 Å². The number of aromatic nitrogens is 2. The first-order chi connectivity index (χ1) is 20.5. The van der Waals surface area contributed by atoms with Crippen LogP contribution in [0, 0.1) is 22.7 Å². The fourth-order valence-corrected chi connectivity index (χ4v) is 4.43. The van der Waals surface area contributed by atoms with Gasteiger partial charge in [0.15, 0.2) is 29.8 Å². The van der Waals surface area contributed by atoms with Crippen LogP contribution in [-0.2, 0) is 18.9 Å². The number of ether oxygens (including phenoxy) is 4. The smallest absolute Gasteiger partial charge is 0.338 e. The van der Waals surface area contributed by atoms with E-state index in [1.807, 2.05) is 12.1 Å². The Kier molecular flexibility index (Phi) is 8.33. The highest BCUT2D eigenvalue weighted by Gasteiger charge is 2.52. The van der Waals surface area contributed by atoms with Crippen molar-refractivity contribution in [2.45, 2.75) is 24.5 Å². The Morgan fingerprint density at radius 2 is 1.24 bits per heavy atom. The molecule has 0 amide bonds. The summed E-state index contributed by atoms with van der Waals surface area (Å²) in [5, 5.41) is 19.2. The number of imidazole rings is 1. The van der Waals surface area contributed by atoms with E-state index in [2.05, 4.69) is 4.98 Å². The summed E-state index contributed by atoms with van der Waals surface area (Å²) in [5.41, 5.74) is 0.398. The van der Waals surface area contributed by atoms with Gasteiger partial charge in [0.1, 0.15) is 24.8 Å². The molecule has 0 radical (unpaired) electrons. The average Bonchev–Trinajstić information content (AvgIpc) is 3.61. The summed E-state index contributed by atoms with van der Waals surface area (Å²) >= 11 is 0. The standard InChI is InChI=1S/C31H22N4O7/c32-16-23-24(17-33)35(19-34-23)28-27(42-31(38)22-14-8-3-9-15-22)26(41-30(37)21-12-6-2-7-13-21)25(40-28)18-39-29(36)20-10-4-1-5-11-20/h1-15,19,25-28H,18H2/t25-,26-,27-,28?/m1/s1. The van der Waals surface area contributed by atoms with Crippen LogP contribution >= 0.6 is 0 Å². The van der Waals surface area contributed by atoms with E-state index in [0.717, 1.165) is 0 Å². The molecule has 1 saturated heterocycles. The monoisotopic (exact) mass is 562 g/mol. The van der Waals surface area contributed by atoms with E-state index < -0.39 is 49.1 Å². The van der Waals surface area contributed by atoms with Gasteiger partial charge in [0, 0.05) is 0 Å². The first-order valence-electron chi connectivity index (χ1n) is 12.8. The van der Waals surface area contributed by atoms with Crippen molar-refractivity contribution in [1.29, 1.82) is 10.5 Å². The Morgan fingerprint density at radius 3 is 1.74 bits per heavy atom. The van der Waals surface area contributed by atoms with Crippen LogP contribution < -0.4 is 0 Å². The number of carbonyl (C=O) groups is 3. The molecule has 0 N–H and O–H groups in total. The lowest BCUT2D eigenvalue weighted by atomic mass is 10.1.